The number of anilines is 1. The summed E-state index contributed by atoms with van der Waals surface area (Å²) in [5, 5.41) is 12.6. The summed E-state index contributed by atoms with van der Waals surface area (Å²) in [5.41, 5.74) is 0.383. The third-order valence-electron chi connectivity index (χ3n) is 4.74. The summed E-state index contributed by atoms with van der Waals surface area (Å²) in [6, 6.07) is 7.42. The Morgan fingerprint density at radius 1 is 1.30 bits per heavy atom. The zero-order chi connectivity index (χ0) is 17.3. The second-order valence-corrected chi connectivity index (χ2v) is 8.16. The predicted octanol–water partition coefficient (Wildman–Crippen LogP) is 4.09. The number of hydrogen-bond acceptors (Lipinski definition) is 2. The van der Waals surface area contributed by atoms with Crippen molar-refractivity contribution in [3.8, 4) is 0 Å². The van der Waals surface area contributed by atoms with Crippen LogP contribution in [-0.4, -0.2) is 40.2 Å². The van der Waals surface area contributed by atoms with Crippen molar-refractivity contribution < 1.29 is 19.2 Å². The summed E-state index contributed by atoms with van der Waals surface area (Å²) in [7, 11) is 0. The number of amides is 2. The molecule has 1 heterocycles. The minimum Gasteiger partial charge on any atom is -0.435 e. The van der Waals surface area contributed by atoms with Gasteiger partial charge in [0.05, 0.1) is 13.1 Å². The third-order valence-corrected chi connectivity index (χ3v) is 5.27. The van der Waals surface area contributed by atoms with Crippen molar-refractivity contribution in [3.05, 3.63) is 28.7 Å². The van der Waals surface area contributed by atoms with E-state index in [1.54, 1.807) is 0 Å². The maximum atomic E-state index is 12.2. The van der Waals surface area contributed by atoms with Crippen LogP contribution < -0.4 is 5.32 Å². The van der Waals surface area contributed by atoms with Gasteiger partial charge in [-0.1, -0.05) is 15.9 Å². The predicted molar refractivity (Wildman–Crippen MR) is 93.3 cm³/mol. The maximum absolute atomic E-state index is 12.2. The molecule has 2 N–H and O–H groups in total. The van der Waals surface area contributed by atoms with Crippen molar-refractivity contribution in [2.24, 2.45) is 5.92 Å². The number of carbonyl (C=O) groups excluding carboxylic acids is 1. The van der Waals surface area contributed by atoms with Crippen LogP contribution in [0.2, 0.25) is 0 Å². The van der Waals surface area contributed by atoms with Crippen LogP contribution in [-0.2, 0) is 4.79 Å². The first kappa shape index (κ1) is 17.9. The van der Waals surface area contributed by atoms with Gasteiger partial charge in [-0.2, -0.15) is 4.79 Å². The van der Waals surface area contributed by atoms with Gasteiger partial charge in [0.25, 0.3) is 0 Å². The van der Waals surface area contributed by atoms with Crippen LogP contribution in [0.1, 0.15) is 33.6 Å². The fourth-order valence-electron chi connectivity index (χ4n) is 3.27. The van der Waals surface area contributed by atoms with Crippen LogP contribution in [0, 0.1) is 5.92 Å². The molecule has 5 nitrogen and oxygen atoms in total. The Kier molecular flexibility index (Phi) is 5.16. The van der Waals surface area contributed by atoms with E-state index >= 15 is 0 Å². The molecule has 2 atom stereocenters. The second kappa shape index (κ2) is 6.61. The van der Waals surface area contributed by atoms with Gasteiger partial charge in [-0.3, -0.25) is 4.79 Å². The van der Waals surface area contributed by atoms with Crippen molar-refractivity contribution in [1.82, 2.24) is 0 Å². The van der Waals surface area contributed by atoms with E-state index in [1.165, 1.54) is 0 Å². The van der Waals surface area contributed by atoms with E-state index in [0.29, 0.717) is 19.5 Å². The minimum atomic E-state index is -0.798. The van der Waals surface area contributed by atoms with Crippen molar-refractivity contribution in [3.63, 3.8) is 0 Å². The van der Waals surface area contributed by atoms with Crippen molar-refractivity contribution in [2.45, 2.75) is 39.2 Å². The molecular formula is C17H24BrN2O3+. The Hall–Kier alpha value is -1.40. The normalized spacial score (nSPS) is 24.4. The van der Waals surface area contributed by atoms with E-state index in [4.69, 9.17) is 0 Å². The third kappa shape index (κ3) is 3.93. The summed E-state index contributed by atoms with van der Waals surface area (Å²) in [6.07, 6.45) is 0.324. The van der Waals surface area contributed by atoms with Gasteiger partial charge in [0, 0.05) is 28.9 Å². The zero-order valence-electron chi connectivity index (χ0n) is 13.8. The highest BCUT2D eigenvalue weighted by atomic mass is 79.9. The quantitative estimate of drug-likeness (QED) is 0.772. The SMILES string of the molecule is CC(C)(C)[N+]1(C(=O)O)CC[C@@H](CC(=O)Nc2ccc(Br)cc2)C1. The van der Waals surface area contributed by atoms with E-state index in [0.717, 1.165) is 16.6 Å². The molecule has 0 saturated carbocycles. The lowest BCUT2D eigenvalue weighted by atomic mass is 10.0. The van der Waals surface area contributed by atoms with Crippen molar-refractivity contribution in [2.75, 3.05) is 18.4 Å². The van der Waals surface area contributed by atoms with Crippen LogP contribution in [0.3, 0.4) is 0 Å². The lowest BCUT2D eigenvalue weighted by Gasteiger charge is -2.40. The summed E-state index contributed by atoms with van der Waals surface area (Å²) in [6.45, 7) is 6.93. The fraction of sp³-hybridized carbons (Fsp3) is 0.529. The Labute approximate surface area is 145 Å². The van der Waals surface area contributed by atoms with Crippen LogP contribution in [0.25, 0.3) is 0 Å². The molecule has 0 bridgehead atoms. The van der Waals surface area contributed by atoms with Crippen molar-refractivity contribution in [1.29, 1.82) is 0 Å². The monoisotopic (exact) mass is 383 g/mol. The average molecular weight is 384 g/mol. The number of nitrogens with one attached hydrogen (secondary N) is 1. The van der Waals surface area contributed by atoms with E-state index in [2.05, 4.69) is 21.2 Å². The van der Waals surface area contributed by atoms with E-state index in [1.807, 2.05) is 45.0 Å². The minimum absolute atomic E-state index is 0.0310. The van der Waals surface area contributed by atoms with Crippen LogP contribution in [0.5, 0.6) is 0 Å². The number of nitrogens with zero attached hydrogens (tertiary/aromatic N) is 1. The smallest absolute Gasteiger partial charge is 0.435 e. The molecule has 2 rings (SSSR count). The van der Waals surface area contributed by atoms with Crippen molar-refractivity contribution >= 4 is 33.6 Å². The Morgan fingerprint density at radius 2 is 1.91 bits per heavy atom. The maximum Gasteiger partial charge on any atom is 0.513 e. The first-order valence-corrected chi connectivity index (χ1v) is 8.59. The zero-order valence-corrected chi connectivity index (χ0v) is 15.4. The van der Waals surface area contributed by atoms with E-state index in [-0.39, 0.29) is 21.8 Å². The van der Waals surface area contributed by atoms with Crippen LogP contribution >= 0.6 is 15.9 Å². The first-order valence-electron chi connectivity index (χ1n) is 7.80. The number of likely N-dealkylation sites (tertiary alicyclic amines) is 1. The molecule has 0 aliphatic carbocycles. The summed E-state index contributed by atoms with van der Waals surface area (Å²) in [4.78, 5) is 24.0. The first-order chi connectivity index (χ1) is 10.6. The fourth-order valence-corrected chi connectivity index (χ4v) is 3.53. The summed E-state index contributed by atoms with van der Waals surface area (Å²) in [5.74, 6) is 0.0393. The molecule has 126 valence electrons. The van der Waals surface area contributed by atoms with Crippen LogP contribution in [0.15, 0.2) is 28.7 Å². The second-order valence-electron chi connectivity index (χ2n) is 7.24. The topological polar surface area (TPSA) is 66.4 Å². The Morgan fingerprint density at radius 3 is 2.39 bits per heavy atom. The van der Waals surface area contributed by atoms with Gasteiger partial charge in [0.1, 0.15) is 5.54 Å². The lowest BCUT2D eigenvalue weighted by Crippen LogP contribution is -2.61. The standard InChI is InChI=1S/C17H23BrN2O3/c1-17(2,3)20(16(22)23)9-8-12(11-20)10-15(21)19-14-6-4-13(18)5-7-14/h4-7,12H,8-11H2,1-3H3,(H-,19,21,22,23)/p+1/t12-,20?/m0/s1. The number of hydrogen-bond donors (Lipinski definition) is 2. The molecule has 1 fully saturated rings. The van der Waals surface area contributed by atoms with Gasteiger partial charge in [-0.25, -0.2) is 4.48 Å². The van der Waals surface area contributed by atoms with Gasteiger partial charge in [0.2, 0.25) is 5.91 Å². The number of carboxylic acid groups (broad SMARTS) is 1. The molecule has 1 aromatic rings. The number of quaternary nitrogens is 1. The lowest BCUT2D eigenvalue weighted by molar-refractivity contribution is -0.893. The highest BCUT2D eigenvalue weighted by Gasteiger charge is 2.53. The molecular weight excluding hydrogens is 360 g/mol. The molecule has 1 unspecified atom stereocenters. The molecule has 1 aliphatic heterocycles. The van der Waals surface area contributed by atoms with Gasteiger partial charge in [-0.05, 0) is 45.0 Å². The molecule has 0 spiro atoms. The number of benzene rings is 1. The molecule has 23 heavy (non-hydrogen) atoms. The molecule has 1 aromatic carbocycles. The van der Waals surface area contributed by atoms with Gasteiger partial charge >= 0.3 is 6.09 Å². The molecule has 0 radical (unpaired) electrons. The average Bonchev–Trinajstić information content (AvgIpc) is 2.86. The highest BCUT2D eigenvalue weighted by Crippen LogP contribution is 2.35. The van der Waals surface area contributed by atoms with Gasteiger partial charge in [0.15, 0.2) is 0 Å². The largest absolute Gasteiger partial charge is 0.513 e. The Bertz CT molecular complexity index is 595. The molecule has 2 amide bonds. The number of halogens is 1. The molecule has 0 aromatic heterocycles. The van der Waals surface area contributed by atoms with Crippen LogP contribution in [0.4, 0.5) is 10.5 Å². The Balaban J connectivity index is 1.98. The van der Waals surface area contributed by atoms with E-state index in [9.17, 15) is 14.7 Å². The van der Waals surface area contributed by atoms with Gasteiger partial charge < -0.3 is 10.4 Å². The number of rotatable bonds is 3. The van der Waals surface area contributed by atoms with Gasteiger partial charge in [-0.15, -0.1) is 0 Å². The summed E-state index contributed by atoms with van der Waals surface area (Å²) >= 11 is 3.36. The van der Waals surface area contributed by atoms with E-state index < -0.39 is 6.09 Å². The summed E-state index contributed by atoms with van der Waals surface area (Å²) < 4.78 is 0.989. The molecule has 1 aliphatic rings. The number of carbonyl (C=O) groups is 2. The molecule has 1 saturated heterocycles. The highest BCUT2D eigenvalue weighted by molar-refractivity contribution is 9.10. The molecule has 6 heteroatoms.